The molecule has 110 valence electrons. The Morgan fingerprint density at radius 3 is 2.84 bits per heavy atom. The Morgan fingerprint density at radius 1 is 1.47 bits per heavy atom. The van der Waals surface area contributed by atoms with Gasteiger partial charge < -0.3 is 19.7 Å². The third kappa shape index (κ3) is 3.09. The van der Waals surface area contributed by atoms with Gasteiger partial charge in [0.2, 0.25) is 5.91 Å². The molecule has 0 spiro atoms. The van der Waals surface area contributed by atoms with Gasteiger partial charge in [0.05, 0.1) is 31.3 Å². The second kappa shape index (κ2) is 6.68. The fraction of sp³-hybridized carbons (Fsp3) is 0.929. The van der Waals surface area contributed by atoms with Gasteiger partial charge in [0.1, 0.15) is 0 Å². The molecule has 0 saturated carbocycles. The van der Waals surface area contributed by atoms with E-state index in [2.05, 4.69) is 12.2 Å². The molecule has 19 heavy (non-hydrogen) atoms. The predicted octanol–water partition coefficient (Wildman–Crippen LogP) is 0.640. The lowest BCUT2D eigenvalue weighted by Crippen LogP contribution is -2.57. The minimum atomic E-state index is -0.329. The van der Waals surface area contributed by atoms with Crippen molar-refractivity contribution in [3.63, 3.8) is 0 Å². The van der Waals surface area contributed by atoms with E-state index in [1.165, 1.54) is 0 Å². The van der Waals surface area contributed by atoms with Gasteiger partial charge in [-0.1, -0.05) is 6.92 Å². The van der Waals surface area contributed by atoms with E-state index in [1.807, 2.05) is 4.90 Å². The van der Waals surface area contributed by atoms with E-state index < -0.39 is 0 Å². The normalized spacial score (nSPS) is 27.3. The van der Waals surface area contributed by atoms with Crippen LogP contribution in [0.3, 0.4) is 0 Å². The molecule has 0 aromatic heterocycles. The summed E-state index contributed by atoms with van der Waals surface area (Å²) in [5, 5.41) is 3.33. The van der Waals surface area contributed by atoms with Gasteiger partial charge >= 0.3 is 0 Å². The number of methoxy groups -OCH3 is 1. The monoisotopic (exact) mass is 270 g/mol. The maximum Gasteiger partial charge on any atom is 0.231 e. The topological polar surface area (TPSA) is 50.8 Å². The summed E-state index contributed by atoms with van der Waals surface area (Å²) in [5.74, 6) is 0.269. The van der Waals surface area contributed by atoms with Gasteiger partial charge in [-0.2, -0.15) is 0 Å². The zero-order valence-corrected chi connectivity index (χ0v) is 12.1. The van der Waals surface area contributed by atoms with Gasteiger partial charge in [0, 0.05) is 13.7 Å². The summed E-state index contributed by atoms with van der Waals surface area (Å²) in [6, 6.07) is 0.227. The number of hydrogen-bond donors (Lipinski definition) is 1. The quantitative estimate of drug-likeness (QED) is 0.814. The molecular formula is C14H26N2O3. The first-order chi connectivity index (χ1) is 9.23. The number of rotatable bonds is 4. The molecule has 1 N–H and O–H groups in total. The smallest absolute Gasteiger partial charge is 0.231 e. The number of morpholine rings is 1. The Hall–Kier alpha value is -0.650. The summed E-state index contributed by atoms with van der Waals surface area (Å²) in [6.45, 7) is 6.49. The summed E-state index contributed by atoms with van der Waals surface area (Å²) in [6.07, 6.45) is 2.69. The van der Waals surface area contributed by atoms with Crippen LogP contribution in [-0.2, 0) is 14.3 Å². The summed E-state index contributed by atoms with van der Waals surface area (Å²) in [5.41, 5.74) is -0.329. The van der Waals surface area contributed by atoms with Crippen LogP contribution in [0.1, 0.15) is 26.2 Å². The van der Waals surface area contributed by atoms with Gasteiger partial charge in [-0.25, -0.2) is 0 Å². The van der Waals surface area contributed by atoms with Gasteiger partial charge in [0.25, 0.3) is 0 Å². The molecular weight excluding hydrogens is 244 g/mol. The Bertz CT molecular complexity index is 298. The summed E-state index contributed by atoms with van der Waals surface area (Å²) in [4.78, 5) is 15.0. The van der Waals surface area contributed by atoms with Crippen molar-refractivity contribution >= 4 is 5.91 Å². The average molecular weight is 270 g/mol. The van der Waals surface area contributed by atoms with Crippen molar-refractivity contribution < 1.29 is 14.3 Å². The van der Waals surface area contributed by atoms with Crippen LogP contribution in [0.15, 0.2) is 0 Å². The molecule has 5 nitrogen and oxygen atoms in total. The molecule has 2 saturated heterocycles. The Morgan fingerprint density at radius 2 is 2.21 bits per heavy atom. The molecule has 1 amide bonds. The number of nitrogens with zero attached hydrogens (tertiary/aromatic N) is 1. The highest BCUT2D eigenvalue weighted by Crippen LogP contribution is 2.33. The third-order valence-electron chi connectivity index (χ3n) is 4.39. The Labute approximate surface area is 115 Å². The lowest BCUT2D eigenvalue weighted by atomic mass is 9.77. The number of carbonyl (C=O) groups excluding carboxylic acids is 1. The second-order valence-electron chi connectivity index (χ2n) is 5.60. The second-order valence-corrected chi connectivity index (χ2v) is 5.60. The highest BCUT2D eigenvalue weighted by Gasteiger charge is 2.44. The molecule has 0 aromatic carbocycles. The molecule has 2 heterocycles. The first kappa shape index (κ1) is 14.8. The maximum absolute atomic E-state index is 13.0. The van der Waals surface area contributed by atoms with Gasteiger partial charge in [-0.15, -0.1) is 0 Å². The number of amides is 1. The van der Waals surface area contributed by atoms with Crippen molar-refractivity contribution in [3.8, 4) is 0 Å². The van der Waals surface area contributed by atoms with Crippen LogP contribution in [0.4, 0.5) is 0 Å². The van der Waals surface area contributed by atoms with E-state index in [9.17, 15) is 4.79 Å². The van der Waals surface area contributed by atoms with Crippen molar-refractivity contribution in [3.05, 3.63) is 0 Å². The van der Waals surface area contributed by atoms with E-state index >= 15 is 0 Å². The zero-order valence-electron chi connectivity index (χ0n) is 12.1. The number of piperidine rings is 1. The van der Waals surface area contributed by atoms with E-state index in [-0.39, 0.29) is 17.4 Å². The highest BCUT2D eigenvalue weighted by molar-refractivity contribution is 5.83. The van der Waals surface area contributed by atoms with Crippen LogP contribution >= 0.6 is 0 Å². The maximum atomic E-state index is 13.0. The van der Waals surface area contributed by atoms with Gasteiger partial charge in [-0.3, -0.25) is 4.79 Å². The van der Waals surface area contributed by atoms with E-state index in [0.29, 0.717) is 19.8 Å². The molecule has 0 aliphatic carbocycles. The van der Waals surface area contributed by atoms with E-state index in [4.69, 9.17) is 9.47 Å². The summed E-state index contributed by atoms with van der Waals surface area (Å²) >= 11 is 0. The van der Waals surface area contributed by atoms with E-state index in [0.717, 1.165) is 38.9 Å². The van der Waals surface area contributed by atoms with Crippen molar-refractivity contribution in [2.24, 2.45) is 5.41 Å². The fourth-order valence-corrected chi connectivity index (χ4v) is 3.17. The van der Waals surface area contributed by atoms with Crippen LogP contribution < -0.4 is 5.32 Å². The molecule has 0 radical (unpaired) electrons. The third-order valence-corrected chi connectivity index (χ3v) is 4.39. The molecule has 2 aliphatic rings. The van der Waals surface area contributed by atoms with Crippen LogP contribution in [0, 0.1) is 5.41 Å². The highest BCUT2D eigenvalue weighted by atomic mass is 16.5. The van der Waals surface area contributed by atoms with Gasteiger partial charge in [0.15, 0.2) is 0 Å². The van der Waals surface area contributed by atoms with E-state index in [1.54, 1.807) is 7.11 Å². The lowest BCUT2D eigenvalue weighted by molar-refractivity contribution is -0.156. The standard InChI is InChI=1S/C14H26N2O3/c1-3-12-10-19-9-8-16(12)13(17)14(11-18-2)4-6-15-7-5-14/h12,15H,3-11H2,1-2H3. The molecule has 2 fully saturated rings. The number of carbonyl (C=O) groups is 1. The number of hydrogen-bond acceptors (Lipinski definition) is 4. The zero-order chi connectivity index (χ0) is 13.7. The van der Waals surface area contributed by atoms with Crippen molar-refractivity contribution in [1.29, 1.82) is 0 Å². The lowest BCUT2D eigenvalue weighted by Gasteiger charge is -2.43. The molecule has 0 aromatic rings. The molecule has 0 bridgehead atoms. The first-order valence-corrected chi connectivity index (χ1v) is 7.32. The van der Waals surface area contributed by atoms with Crippen molar-refractivity contribution in [1.82, 2.24) is 10.2 Å². The molecule has 1 unspecified atom stereocenters. The summed E-state index contributed by atoms with van der Waals surface area (Å²) < 4.78 is 10.9. The fourth-order valence-electron chi connectivity index (χ4n) is 3.17. The Balaban J connectivity index is 2.13. The van der Waals surface area contributed by atoms with Crippen LogP contribution in [0.2, 0.25) is 0 Å². The van der Waals surface area contributed by atoms with Crippen LogP contribution in [0.25, 0.3) is 0 Å². The number of nitrogens with one attached hydrogen (secondary N) is 1. The molecule has 2 rings (SSSR count). The molecule has 5 heteroatoms. The average Bonchev–Trinajstić information content (AvgIpc) is 2.47. The SMILES string of the molecule is CCC1COCCN1C(=O)C1(COC)CCNCC1. The van der Waals surface area contributed by atoms with Crippen molar-refractivity contribution in [2.45, 2.75) is 32.2 Å². The predicted molar refractivity (Wildman–Crippen MR) is 73.0 cm³/mol. The summed E-state index contributed by atoms with van der Waals surface area (Å²) in [7, 11) is 1.69. The van der Waals surface area contributed by atoms with Crippen molar-refractivity contribution in [2.75, 3.05) is 46.6 Å². The number of ether oxygens (including phenoxy) is 2. The molecule has 2 aliphatic heterocycles. The minimum Gasteiger partial charge on any atom is -0.384 e. The van der Waals surface area contributed by atoms with Crippen LogP contribution in [-0.4, -0.2) is 63.4 Å². The van der Waals surface area contributed by atoms with Gasteiger partial charge in [-0.05, 0) is 32.4 Å². The van der Waals surface area contributed by atoms with Crippen LogP contribution in [0.5, 0.6) is 0 Å². The first-order valence-electron chi connectivity index (χ1n) is 7.32. The largest absolute Gasteiger partial charge is 0.384 e. The molecule has 1 atom stereocenters. The Kier molecular flexibility index (Phi) is 5.19. The minimum absolute atomic E-state index is 0.227.